The minimum absolute atomic E-state index is 0.0852. The predicted octanol–water partition coefficient (Wildman–Crippen LogP) is 5.26. The van der Waals surface area contributed by atoms with Crippen LogP contribution in [0.4, 0.5) is 11.5 Å². The van der Waals surface area contributed by atoms with Crippen molar-refractivity contribution in [2.45, 2.75) is 13.2 Å². The average Bonchev–Trinajstić information content (AvgIpc) is 3.40. The largest absolute Gasteiger partial charge is 0.487 e. The number of aromatic nitrogens is 4. The number of pyridine rings is 1. The van der Waals surface area contributed by atoms with E-state index in [9.17, 15) is 8.42 Å². The highest BCUT2D eigenvalue weighted by atomic mass is 35.5. The molecule has 2 aromatic carbocycles. The standard InChI is InChI=1S/C27H25ClN6O3S2/c1-39(35,36)10-9-29-14-26-34-24(16-38-26)22-12-20-23(13-30-22)31-17-32-27(20)33-19-7-8-25(21(28)11-19)37-15-18-5-3-2-4-6-18/h2-8,11-13,16-17,29H,9-10,14-15H2,1H3,(H,31,32,33). The Kier molecular flexibility index (Phi) is 8.32. The van der Waals surface area contributed by atoms with E-state index >= 15 is 0 Å². The molecular weight excluding hydrogens is 556 g/mol. The molecule has 0 amide bonds. The van der Waals surface area contributed by atoms with E-state index in [0.29, 0.717) is 47.5 Å². The molecule has 3 heterocycles. The summed E-state index contributed by atoms with van der Waals surface area (Å²) in [7, 11) is -3.00. The molecule has 12 heteroatoms. The number of nitrogens with one attached hydrogen (secondary N) is 2. The van der Waals surface area contributed by atoms with Crippen LogP contribution in [0, 0.1) is 0 Å². The van der Waals surface area contributed by atoms with Gasteiger partial charge in [0.25, 0.3) is 0 Å². The van der Waals surface area contributed by atoms with Crippen LogP contribution in [0.1, 0.15) is 10.6 Å². The number of benzene rings is 2. The molecule has 0 unspecified atom stereocenters. The predicted molar refractivity (Wildman–Crippen MR) is 155 cm³/mol. The molecule has 5 aromatic rings. The van der Waals surface area contributed by atoms with E-state index in [1.165, 1.54) is 23.9 Å². The number of hydrogen-bond donors (Lipinski definition) is 2. The minimum Gasteiger partial charge on any atom is -0.487 e. The molecule has 0 saturated carbocycles. The van der Waals surface area contributed by atoms with Gasteiger partial charge in [-0.15, -0.1) is 11.3 Å². The minimum atomic E-state index is -3.00. The van der Waals surface area contributed by atoms with Crippen molar-refractivity contribution in [1.82, 2.24) is 25.3 Å². The fourth-order valence-corrected chi connectivity index (χ4v) is 5.24. The first-order valence-corrected chi connectivity index (χ1v) is 15.3. The van der Waals surface area contributed by atoms with E-state index in [1.807, 2.05) is 53.9 Å². The van der Waals surface area contributed by atoms with E-state index in [0.717, 1.165) is 27.3 Å². The second kappa shape index (κ2) is 12.0. The van der Waals surface area contributed by atoms with Gasteiger partial charge >= 0.3 is 0 Å². The second-order valence-electron chi connectivity index (χ2n) is 8.79. The number of nitrogens with zero attached hydrogens (tertiary/aromatic N) is 4. The molecule has 3 aromatic heterocycles. The Bertz CT molecular complexity index is 1700. The van der Waals surface area contributed by atoms with Gasteiger partial charge in [-0.3, -0.25) is 4.98 Å². The van der Waals surface area contributed by atoms with Crippen molar-refractivity contribution in [2.75, 3.05) is 23.9 Å². The zero-order chi connectivity index (χ0) is 27.2. The third-order valence-corrected chi connectivity index (χ3v) is 7.78. The molecule has 0 saturated heterocycles. The third kappa shape index (κ3) is 7.27. The van der Waals surface area contributed by atoms with Crippen LogP contribution < -0.4 is 15.4 Å². The topological polar surface area (TPSA) is 119 Å². The number of ether oxygens (including phenoxy) is 1. The molecule has 39 heavy (non-hydrogen) atoms. The van der Waals surface area contributed by atoms with Crippen molar-refractivity contribution in [3.05, 3.63) is 88.1 Å². The van der Waals surface area contributed by atoms with Gasteiger partial charge in [0.05, 0.1) is 33.9 Å². The molecule has 9 nitrogen and oxygen atoms in total. The Labute approximate surface area is 235 Å². The quantitative estimate of drug-likeness (QED) is 0.202. The summed E-state index contributed by atoms with van der Waals surface area (Å²) in [5.41, 5.74) is 3.90. The van der Waals surface area contributed by atoms with Crippen LogP contribution in [0.5, 0.6) is 5.75 Å². The molecule has 0 radical (unpaired) electrons. The molecule has 2 N–H and O–H groups in total. The molecule has 0 spiro atoms. The Morgan fingerprint density at radius 3 is 2.67 bits per heavy atom. The highest BCUT2D eigenvalue weighted by Gasteiger charge is 2.12. The van der Waals surface area contributed by atoms with Gasteiger partial charge in [0.1, 0.15) is 39.3 Å². The zero-order valence-electron chi connectivity index (χ0n) is 21.0. The summed E-state index contributed by atoms with van der Waals surface area (Å²) < 4.78 is 28.5. The fourth-order valence-electron chi connectivity index (χ4n) is 3.73. The van der Waals surface area contributed by atoms with Gasteiger partial charge < -0.3 is 15.4 Å². The lowest BCUT2D eigenvalue weighted by atomic mass is 10.2. The number of anilines is 2. The Hall–Kier alpha value is -3.64. The third-order valence-electron chi connectivity index (χ3n) is 5.69. The molecular formula is C27H25ClN6O3S2. The van der Waals surface area contributed by atoms with E-state index < -0.39 is 9.84 Å². The van der Waals surface area contributed by atoms with Crippen LogP contribution in [0.15, 0.2) is 72.5 Å². The number of halogens is 1. The van der Waals surface area contributed by atoms with Gasteiger partial charge in [0.15, 0.2) is 0 Å². The van der Waals surface area contributed by atoms with Gasteiger partial charge in [0.2, 0.25) is 0 Å². The van der Waals surface area contributed by atoms with Crippen LogP contribution >= 0.6 is 22.9 Å². The lowest BCUT2D eigenvalue weighted by Gasteiger charge is -2.12. The van der Waals surface area contributed by atoms with Gasteiger partial charge in [-0.1, -0.05) is 41.9 Å². The maximum atomic E-state index is 11.3. The summed E-state index contributed by atoms with van der Waals surface area (Å²) >= 11 is 7.99. The number of sulfone groups is 1. The molecule has 0 bridgehead atoms. The monoisotopic (exact) mass is 580 g/mol. The molecule has 0 aliphatic rings. The fraction of sp³-hybridized carbons (Fsp3) is 0.185. The van der Waals surface area contributed by atoms with E-state index in [4.69, 9.17) is 16.3 Å². The van der Waals surface area contributed by atoms with Gasteiger partial charge in [-0.25, -0.2) is 23.4 Å². The van der Waals surface area contributed by atoms with Crippen molar-refractivity contribution in [3.8, 4) is 17.1 Å². The number of rotatable bonds is 11. The van der Waals surface area contributed by atoms with Gasteiger partial charge in [-0.2, -0.15) is 0 Å². The van der Waals surface area contributed by atoms with Crippen LogP contribution in [0.25, 0.3) is 22.3 Å². The van der Waals surface area contributed by atoms with E-state index in [1.54, 1.807) is 12.3 Å². The van der Waals surface area contributed by atoms with Crippen molar-refractivity contribution in [1.29, 1.82) is 0 Å². The summed E-state index contributed by atoms with van der Waals surface area (Å²) in [5.74, 6) is 1.29. The van der Waals surface area contributed by atoms with E-state index in [2.05, 4.69) is 30.6 Å². The Balaban J connectivity index is 1.30. The van der Waals surface area contributed by atoms with Crippen molar-refractivity contribution >= 4 is 55.2 Å². The van der Waals surface area contributed by atoms with Crippen LogP contribution in [-0.2, 0) is 23.0 Å². The lowest BCUT2D eigenvalue weighted by molar-refractivity contribution is 0.306. The summed E-state index contributed by atoms with van der Waals surface area (Å²) in [6, 6.07) is 17.3. The summed E-state index contributed by atoms with van der Waals surface area (Å²) in [6.45, 7) is 1.28. The number of fused-ring (bicyclic) bond motifs is 1. The maximum Gasteiger partial charge on any atom is 0.148 e. The molecule has 0 aliphatic heterocycles. The molecule has 5 rings (SSSR count). The van der Waals surface area contributed by atoms with Crippen LogP contribution in [0.3, 0.4) is 0 Å². The normalized spacial score (nSPS) is 11.5. The van der Waals surface area contributed by atoms with Crippen LogP contribution in [0.2, 0.25) is 5.02 Å². The maximum absolute atomic E-state index is 11.3. The average molecular weight is 581 g/mol. The van der Waals surface area contributed by atoms with Gasteiger partial charge in [-0.05, 0) is 29.8 Å². The molecule has 0 fully saturated rings. The van der Waals surface area contributed by atoms with Crippen molar-refractivity contribution < 1.29 is 13.2 Å². The zero-order valence-corrected chi connectivity index (χ0v) is 23.4. The molecule has 0 aliphatic carbocycles. The summed E-state index contributed by atoms with van der Waals surface area (Å²) in [4.78, 5) is 18.0. The van der Waals surface area contributed by atoms with Crippen molar-refractivity contribution in [2.24, 2.45) is 0 Å². The number of thiazole rings is 1. The van der Waals surface area contributed by atoms with Gasteiger partial charge in [0, 0.05) is 35.8 Å². The summed E-state index contributed by atoms with van der Waals surface area (Å²) in [5, 5.41) is 10.5. The smallest absolute Gasteiger partial charge is 0.148 e. The highest BCUT2D eigenvalue weighted by Crippen LogP contribution is 2.32. The van der Waals surface area contributed by atoms with E-state index in [-0.39, 0.29) is 5.75 Å². The van der Waals surface area contributed by atoms with Crippen molar-refractivity contribution in [3.63, 3.8) is 0 Å². The molecule has 0 atom stereocenters. The first-order valence-electron chi connectivity index (χ1n) is 12.0. The lowest BCUT2D eigenvalue weighted by Crippen LogP contribution is -2.21. The highest BCUT2D eigenvalue weighted by molar-refractivity contribution is 7.90. The Morgan fingerprint density at radius 2 is 1.87 bits per heavy atom. The second-order valence-corrected chi connectivity index (χ2v) is 12.4. The Morgan fingerprint density at radius 1 is 1.03 bits per heavy atom. The first-order chi connectivity index (χ1) is 18.8. The number of hydrogen-bond acceptors (Lipinski definition) is 10. The SMILES string of the molecule is CS(=O)(=O)CCNCc1nc(-c2cc3c(Nc4ccc(OCc5ccccc5)c(Cl)c4)ncnc3cn2)cs1. The summed E-state index contributed by atoms with van der Waals surface area (Å²) in [6.07, 6.45) is 4.39. The first kappa shape index (κ1) is 26.9. The van der Waals surface area contributed by atoms with Crippen LogP contribution in [-0.4, -0.2) is 46.9 Å². The molecule has 200 valence electrons.